The van der Waals surface area contributed by atoms with Crippen LogP contribution in [0.3, 0.4) is 0 Å². The van der Waals surface area contributed by atoms with E-state index in [1.807, 2.05) is 13.8 Å². The van der Waals surface area contributed by atoms with Crippen molar-refractivity contribution in [3.05, 3.63) is 58.6 Å². The lowest BCUT2D eigenvalue weighted by Crippen LogP contribution is -2.58. The molecule has 4 amide bonds. The molecule has 0 aliphatic carbocycles. The summed E-state index contributed by atoms with van der Waals surface area (Å²) in [6.07, 6.45) is 5.55. The largest absolute Gasteiger partial charge is 0.347 e. The van der Waals surface area contributed by atoms with Crippen LogP contribution in [0.4, 0.5) is 21.0 Å². The van der Waals surface area contributed by atoms with Crippen molar-refractivity contribution in [2.45, 2.75) is 71.0 Å². The highest BCUT2D eigenvalue weighted by Crippen LogP contribution is 2.39. The second-order valence-corrected chi connectivity index (χ2v) is 10.2. The van der Waals surface area contributed by atoms with Crippen LogP contribution in [0, 0.1) is 0 Å². The first-order valence-electron chi connectivity index (χ1n) is 12.1. The van der Waals surface area contributed by atoms with E-state index in [0.29, 0.717) is 33.0 Å². The fourth-order valence-corrected chi connectivity index (χ4v) is 4.89. The standard InChI is InChI=1S/C26H34Cl2N4O3/c1-4-5-6-7-8-9-16-30-25(34)31(22-15-11-13-20(28)18-22)23(26(30,2)3)32(35)24(33)29-21-14-10-12-19(27)17-21/h10-15,17-18,23,35H,4-9,16H2,1-3H3,(H,29,33)/t23-/m0/s1. The summed E-state index contributed by atoms with van der Waals surface area (Å²) in [5.41, 5.74) is 0.0472. The Bertz CT molecular complexity index is 1030. The minimum Gasteiger partial charge on any atom is -0.315 e. The summed E-state index contributed by atoms with van der Waals surface area (Å²) in [5, 5.41) is 15.3. The number of carbonyl (C=O) groups is 2. The summed E-state index contributed by atoms with van der Waals surface area (Å²) in [7, 11) is 0. The molecular weight excluding hydrogens is 487 g/mol. The molecule has 2 aromatic carbocycles. The third kappa shape index (κ3) is 6.40. The number of benzene rings is 2. The van der Waals surface area contributed by atoms with Gasteiger partial charge in [-0.2, -0.15) is 5.06 Å². The van der Waals surface area contributed by atoms with Gasteiger partial charge in [-0.3, -0.25) is 10.1 Å². The number of nitrogens with one attached hydrogen (secondary N) is 1. The molecule has 1 saturated heterocycles. The average Bonchev–Trinajstić information content (AvgIpc) is 3.00. The number of hydroxylamine groups is 2. The molecule has 0 unspecified atom stereocenters. The van der Waals surface area contributed by atoms with Crippen molar-refractivity contribution in [1.29, 1.82) is 0 Å². The summed E-state index contributed by atoms with van der Waals surface area (Å²) in [4.78, 5) is 29.9. The smallest absolute Gasteiger partial charge is 0.315 e. The zero-order valence-corrected chi connectivity index (χ0v) is 22.0. The first-order valence-corrected chi connectivity index (χ1v) is 12.8. The highest BCUT2D eigenvalue weighted by Gasteiger charge is 2.55. The number of urea groups is 2. The fraction of sp³-hybridized carbons (Fsp3) is 0.462. The van der Waals surface area contributed by atoms with Crippen LogP contribution in [0.25, 0.3) is 0 Å². The van der Waals surface area contributed by atoms with Crippen molar-refractivity contribution in [2.24, 2.45) is 0 Å². The van der Waals surface area contributed by atoms with Crippen LogP contribution in [-0.2, 0) is 0 Å². The lowest BCUT2D eigenvalue weighted by Gasteiger charge is -2.38. The third-order valence-corrected chi connectivity index (χ3v) is 6.82. The van der Waals surface area contributed by atoms with E-state index >= 15 is 0 Å². The fourth-order valence-electron chi connectivity index (χ4n) is 4.51. The number of carbonyl (C=O) groups excluding carboxylic acids is 2. The van der Waals surface area contributed by atoms with E-state index < -0.39 is 17.7 Å². The molecule has 9 heteroatoms. The van der Waals surface area contributed by atoms with E-state index in [1.54, 1.807) is 53.4 Å². The van der Waals surface area contributed by atoms with Crippen molar-refractivity contribution in [2.75, 3.05) is 16.8 Å². The molecule has 2 N–H and O–H groups in total. The summed E-state index contributed by atoms with van der Waals surface area (Å²) in [5.74, 6) is 0. The van der Waals surface area contributed by atoms with Crippen LogP contribution in [0.5, 0.6) is 0 Å². The SMILES string of the molecule is CCCCCCCCN1C(=O)N(c2cccc(Cl)c2)[C@@H](N(O)C(=O)Nc2cccc(Cl)c2)C1(C)C. The second kappa shape index (κ2) is 12.0. The molecule has 1 aliphatic heterocycles. The quantitative estimate of drug-likeness (QED) is 0.192. The lowest BCUT2D eigenvalue weighted by molar-refractivity contribution is -0.0949. The van der Waals surface area contributed by atoms with Crippen LogP contribution in [0.1, 0.15) is 59.3 Å². The minimum atomic E-state index is -0.993. The topological polar surface area (TPSA) is 76.1 Å². The Morgan fingerprint density at radius 1 is 1.03 bits per heavy atom. The van der Waals surface area contributed by atoms with Gasteiger partial charge in [-0.15, -0.1) is 0 Å². The lowest BCUT2D eigenvalue weighted by atomic mass is 9.99. The monoisotopic (exact) mass is 520 g/mol. The maximum atomic E-state index is 13.7. The van der Waals surface area contributed by atoms with Crippen LogP contribution >= 0.6 is 23.2 Å². The van der Waals surface area contributed by atoms with Gasteiger partial charge < -0.3 is 10.2 Å². The molecule has 0 radical (unpaired) electrons. The van der Waals surface area contributed by atoms with Crippen molar-refractivity contribution in [1.82, 2.24) is 9.96 Å². The van der Waals surface area contributed by atoms with E-state index in [9.17, 15) is 14.8 Å². The van der Waals surface area contributed by atoms with Gasteiger partial charge in [-0.05, 0) is 56.7 Å². The molecule has 3 rings (SSSR count). The number of unbranched alkanes of at least 4 members (excludes halogenated alkanes) is 5. The third-order valence-electron chi connectivity index (χ3n) is 6.35. The molecule has 0 aromatic heterocycles. The van der Waals surface area contributed by atoms with E-state index in [4.69, 9.17) is 23.2 Å². The van der Waals surface area contributed by atoms with Crippen molar-refractivity contribution >= 4 is 46.6 Å². The Morgan fingerprint density at radius 2 is 1.66 bits per heavy atom. The van der Waals surface area contributed by atoms with Crippen molar-refractivity contribution in [3.8, 4) is 0 Å². The number of hydrogen-bond donors (Lipinski definition) is 2. The molecule has 1 heterocycles. The second-order valence-electron chi connectivity index (χ2n) is 9.36. The summed E-state index contributed by atoms with van der Waals surface area (Å²) in [6.45, 7) is 6.41. The Morgan fingerprint density at radius 3 is 2.31 bits per heavy atom. The van der Waals surface area contributed by atoms with Gasteiger partial charge in [-0.25, -0.2) is 9.59 Å². The average molecular weight is 521 g/mol. The molecule has 1 fully saturated rings. The number of anilines is 2. The predicted molar refractivity (Wildman–Crippen MR) is 141 cm³/mol. The number of rotatable bonds is 10. The van der Waals surface area contributed by atoms with Crippen LogP contribution in [-0.4, -0.2) is 45.5 Å². The van der Waals surface area contributed by atoms with Gasteiger partial charge >= 0.3 is 12.1 Å². The van der Waals surface area contributed by atoms with Gasteiger partial charge in [0.15, 0.2) is 6.17 Å². The molecule has 1 aliphatic rings. The Labute approximate surface area is 217 Å². The van der Waals surface area contributed by atoms with Crippen molar-refractivity contribution < 1.29 is 14.8 Å². The molecule has 0 bridgehead atoms. The van der Waals surface area contributed by atoms with Gasteiger partial charge in [0.2, 0.25) is 0 Å². The summed E-state index contributed by atoms with van der Waals surface area (Å²) >= 11 is 12.2. The van der Waals surface area contributed by atoms with Gasteiger partial charge in [0.05, 0.1) is 5.54 Å². The van der Waals surface area contributed by atoms with Gasteiger partial charge in [0.25, 0.3) is 0 Å². The van der Waals surface area contributed by atoms with E-state index in [0.717, 1.165) is 19.3 Å². The van der Waals surface area contributed by atoms with Crippen LogP contribution in [0.15, 0.2) is 48.5 Å². The van der Waals surface area contributed by atoms with E-state index in [1.165, 1.54) is 24.2 Å². The first kappa shape index (κ1) is 27.1. The highest BCUT2D eigenvalue weighted by atomic mass is 35.5. The molecule has 0 saturated carbocycles. The molecule has 1 atom stereocenters. The summed E-state index contributed by atoms with van der Waals surface area (Å²) in [6, 6.07) is 12.4. The number of hydrogen-bond acceptors (Lipinski definition) is 3. The van der Waals surface area contributed by atoms with Crippen LogP contribution < -0.4 is 10.2 Å². The number of halogens is 2. The molecule has 190 valence electrons. The van der Waals surface area contributed by atoms with E-state index in [2.05, 4.69) is 12.2 Å². The molecular formula is C26H34Cl2N4O3. The number of amides is 4. The van der Waals surface area contributed by atoms with Crippen LogP contribution in [0.2, 0.25) is 10.0 Å². The summed E-state index contributed by atoms with van der Waals surface area (Å²) < 4.78 is 0. The Kier molecular flexibility index (Phi) is 9.27. The predicted octanol–water partition coefficient (Wildman–Crippen LogP) is 7.62. The normalized spacial score (nSPS) is 17.1. The Hall–Kier alpha value is -2.48. The first-order chi connectivity index (χ1) is 16.7. The molecule has 7 nitrogen and oxygen atoms in total. The zero-order valence-electron chi connectivity index (χ0n) is 20.5. The minimum absolute atomic E-state index is 0.287. The molecule has 2 aromatic rings. The van der Waals surface area contributed by atoms with Gasteiger partial charge in [-0.1, -0.05) is 74.4 Å². The van der Waals surface area contributed by atoms with Gasteiger partial charge in [0, 0.05) is 28.0 Å². The maximum Gasteiger partial charge on any atom is 0.347 e. The number of nitrogens with zero attached hydrogens (tertiary/aromatic N) is 3. The zero-order chi connectivity index (χ0) is 25.6. The van der Waals surface area contributed by atoms with Gasteiger partial charge in [0.1, 0.15) is 0 Å². The Balaban J connectivity index is 1.86. The van der Waals surface area contributed by atoms with E-state index in [-0.39, 0.29) is 6.03 Å². The molecule has 0 spiro atoms. The van der Waals surface area contributed by atoms with Crippen molar-refractivity contribution in [3.63, 3.8) is 0 Å². The molecule has 35 heavy (non-hydrogen) atoms. The highest BCUT2D eigenvalue weighted by molar-refractivity contribution is 6.31. The maximum absolute atomic E-state index is 13.7.